The number of hydrogen-bond acceptors (Lipinski definition) is 6. The van der Waals surface area contributed by atoms with Crippen molar-refractivity contribution in [2.24, 2.45) is 10.2 Å². The van der Waals surface area contributed by atoms with Crippen LogP contribution in [0.25, 0.3) is 0 Å². The molecule has 0 bridgehead atoms. The number of carbonyl (C=O) groups excluding carboxylic acids is 1. The van der Waals surface area contributed by atoms with Crippen molar-refractivity contribution in [3.63, 3.8) is 0 Å². The van der Waals surface area contributed by atoms with E-state index < -0.39 is 15.7 Å². The zero-order valence-electron chi connectivity index (χ0n) is 7.71. The van der Waals surface area contributed by atoms with Crippen LogP contribution < -0.4 is 0 Å². The van der Waals surface area contributed by atoms with E-state index in [4.69, 9.17) is 0 Å². The van der Waals surface area contributed by atoms with Gasteiger partial charge in [-0.25, -0.2) is 18.4 Å². The summed E-state index contributed by atoms with van der Waals surface area (Å²) in [5.41, 5.74) is -0.126. The highest BCUT2D eigenvalue weighted by Gasteiger charge is 2.30. The minimum atomic E-state index is -3.55. The maximum atomic E-state index is 11.6. The first-order chi connectivity index (χ1) is 7.06. The summed E-state index contributed by atoms with van der Waals surface area (Å²) in [5, 5.41) is 6.39. The Morgan fingerprint density at radius 1 is 1.27 bits per heavy atom. The highest BCUT2D eigenvalue weighted by atomic mass is 32.2. The molecule has 1 amide bonds. The van der Waals surface area contributed by atoms with Gasteiger partial charge in [0.05, 0.1) is 5.75 Å². The monoisotopic (exact) mass is 226 g/mol. The highest BCUT2D eigenvalue weighted by molar-refractivity contribution is 7.91. The molecule has 1 aliphatic heterocycles. The molecule has 8 heteroatoms. The molecule has 7 nitrogen and oxygen atoms in total. The van der Waals surface area contributed by atoms with Crippen molar-refractivity contribution in [3.05, 3.63) is 11.9 Å². The van der Waals surface area contributed by atoms with E-state index >= 15 is 0 Å². The molecule has 0 atom stereocenters. The van der Waals surface area contributed by atoms with Gasteiger partial charge in [-0.15, -0.1) is 10.2 Å². The van der Waals surface area contributed by atoms with E-state index in [2.05, 4.69) is 20.2 Å². The fourth-order valence-corrected chi connectivity index (χ4v) is 2.11. The van der Waals surface area contributed by atoms with Crippen LogP contribution in [0.1, 0.15) is 17.3 Å². The molecule has 0 N–H and O–H groups in total. The van der Waals surface area contributed by atoms with Crippen molar-refractivity contribution < 1.29 is 13.2 Å². The number of aromatic nitrogens is 2. The van der Waals surface area contributed by atoms with Gasteiger partial charge in [-0.1, -0.05) is 6.92 Å². The van der Waals surface area contributed by atoms with Crippen LogP contribution in [0.5, 0.6) is 0 Å². The third-order valence-corrected chi connectivity index (χ3v) is 3.58. The molecule has 0 saturated heterocycles. The average Bonchev–Trinajstić information content (AvgIpc) is 2.60. The Kier molecular flexibility index (Phi) is 2.07. The zero-order chi connectivity index (χ0) is 11.1. The Balaban J connectivity index is 2.73. The molecular weight excluding hydrogens is 220 g/mol. The third kappa shape index (κ3) is 1.42. The molecule has 0 aromatic carbocycles. The molecule has 2 heterocycles. The maximum absolute atomic E-state index is 11.6. The van der Waals surface area contributed by atoms with Crippen LogP contribution in [-0.4, -0.2) is 30.0 Å². The lowest BCUT2D eigenvalue weighted by Crippen LogP contribution is -2.11. The molecule has 78 valence electrons. The summed E-state index contributed by atoms with van der Waals surface area (Å²) >= 11 is 0. The van der Waals surface area contributed by atoms with E-state index in [9.17, 15) is 13.2 Å². The van der Waals surface area contributed by atoms with Crippen molar-refractivity contribution in [2.75, 3.05) is 5.75 Å². The lowest BCUT2D eigenvalue weighted by atomic mass is 10.3. The van der Waals surface area contributed by atoms with Crippen LogP contribution in [0.4, 0.5) is 5.82 Å². The summed E-state index contributed by atoms with van der Waals surface area (Å²) in [4.78, 5) is 18.5. The molecule has 0 spiro atoms. The number of fused-ring (bicyclic) bond motifs is 1. The molecule has 1 aliphatic rings. The van der Waals surface area contributed by atoms with Gasteiger partial charge >= 0.3 is 5.91 Å². The second-order valence-corrected chi connectivity index (χ2v) is 4.98. The number of nitrogens with zero attached hydrogens (tertiary/aromatic N) is 4. The van der Waals surface area contributed by atoms with Crippen LogP contribution in [0.2, 0.25) is 0 Å². The van der Waals surface area contributed by atoms with E-state index in [1.54, 1.807) is 0 Å². The number of sulfone groups is 1. The molecular formula is C7H6N4O3S. The molecule has 0 fully saturated rings. The summed E-state index contributed by atoms with van der Waals surface area (Å²) in [7, 11) is -3.55. The molecule has 1 aromatic heterocycles. The lowest BCUT2D eigenvalue weighted by Gasteiger charge is -2.02. The SMILES string of the molecule is CCS(=O)(=O)c1ncnc2c1C(=O)N=N2. The van der Waals surface area contributed by atoms with Gasteiger partial charge in [0, 0.05) is 0 Å². The van der Waals surface area contributed by atoms with E-state index in [0.717, 1.165) is 6.33 Å². The Morgan fingerprint density at radius 3 is 2.67 bits per heavy atom. The van der Waals surface area contributed by atoms with E-state index in [-0.39, 0.29) is 22.2 Å². The number of rotatable bonds is 2. The van der Waals surface area contributed by atoms with Crippen LogP contribution >= 0.6 is 0 Å². The van der Waals surface area contributed by atoms with Crippen molar-refractivity contribution in [1.29, 1.82) is 0 Å². The molecule has 1 aromatic rings. The van der Waals surface area contributed by atoms with Gasteiger partial charge in [0.1, 0.15) is 11.9 Å². The average molecular weight is 226 g/mol. The molecule has 2 rings (SSSR count). The zero-order valence-corrected chi connectivity index (χ0v) is 8.52. The second-order valence-electron chi connectivity index (χ2n) is 2.79. The number of azo groups is 1. The van der Waals surface area contributed by atoms with Crippen LogP contribution in [0.3, 0.4) is 0 Å². The Hall–Kier alpha value is -1.70. The Labute approximate surface area is 85.2 Å². The van der Waals surface area contributed by atoms with E-state index in [0.29, 0.717) is 0 Å². The Morgan fingerprint density at radius 2 is 2.00 bits per heavy atom. The highest BCUT2D eigenvalue weighted by Crippen LogP contribution is 2.28. The first kappa shape index (κ1) is 9.84. The van der Waals surface area contributed by atoms with Crippen molar-refractivity contribution in [2.45, 2.75) is 11.9 Å². The predicted molar refractivity (Wildman–Crippen MR) is 48.6 cm³/mol. The van der Waals surface area contributed by atoms with Crippen molar-refractivity contribution >= 4 is 21.6 Å². The van der Waals surface area contributed by atoms with Gasteiger partial charge in [-0.3, -0.25) is 4.79 Å². The van der Waals surface area contributed by atoms with Gasteiger partial charge in [0.25, 0.3) is 0 Å². The van der Waals surface area contributed by atoms with Gasteiger partial charge in [0.2, 0.25) is 0 Å². The van der Waals surface area contributed by atoms with Crippen molar-refractivity contribution in [1.82, 2.24) is 9.97 Å². The standard InChI is InChI=1S/C7H6N4O3S/c1-2-15(13,14)7-4-5(8-3-9-7)10-11-6(4)12/h3H,2H2,1H3. The minimum Gasteiger partial charge on any atom is -0.265 e. The number of hydrogen-bond donors (Lipinski definition) is 0. The summed E-state index contributed by atoms with van der Waals surface area (Å²) in [6, 6.07) is 0. The summed E-state index contributed by atoms with van der Waals surface area (Å²) in [6.07, 6.45) is 1.05. The molecule has 0 radical (unpaired) electrons. The normalized spacial score (nSPS) is 14.3. The van der Waals surface area contributed by atoms with Gasteiger partial charge in [0.15, 0.2) is 20.7 Å². The Bertz CT molecular complexity index is 564. The minimum absolute atomic E-state index is 0.0158. The largest absolute Gasteiger partial charge is 0.302 e. The number of amides is 1. The fourth-order valence-electron chi connectivity index (χ4n) is 1.14. The smallest absolute Gasteiger partial charge is 0.265 e. The van der Waals surface area contributed by atoms with Crippen molar-refractivity contribution in [3.8, 4) is 0 Å². The van der Waals surface area contributed by atoms with E-state index in [1.165, 1.54) is 6.92 Å². The van der Waals surface area contributed by atoms with Crippen LogP contribution in [0.15, 0.2) is 21.6 Å². The predicted octanol–water partition coefficient (Wildman–Crippen LogP) is 0.508. The van der Waals surface area contributed by atoms with Gasteiger partial charge in [-0.2, -0.15) is 0 Å². The third-order valence-electron chi connectivity index (χ3n) is 1.92. The van der Waals surface area contributed by atoms with Crippen LogP contribution in [0, 0.1) is 0 Å². The maximum Gasteiger partial charge on any atom is 0.302 e. The van der Waals surface area contributed by atoms with E-state index in [1.807, 2.05) is 0 Å². The molecule has 0 saturated carbocycles. The van der Waals surface area contributed by atoms with Crippen LogP contribution in [-0.2, 0) is 9.84 Å². The first-order valence-corrected chi connectivity index (χ1v) is 5.75. The molecule has 15 heavy (non-hydrogen) atoms. The second kappa shape index (κ2) is 3.16. The fraction of sp³-hybridized carbons (Fsp3) is 0.286. The topological polar surface area (TPSA) is 102 Å². The summed E-state index contributed by atoms with van der Waals surface area (Å²) in [6.45, 7) is 1.47. The lowest BCUT2D eigenvalue weighted by molar-refractivity contribution is 0.0999. The number of carbonyl (C=O) groups is 1. The van der Waals surface area contributed by atoms with Gasteiger partial charge in [-0.05, 0) is 0 Å². The summed E-state index contributed by atoms with van der Waals surface area (Å²) in [5.74, 6) is -0.830. The van der Waals surface area contributed by atoms with Gasteiger partial charge < -0.3 is 0 Å². The molecule has 0 unspecified atom stereocenters. The summed E-state index contributed by atoms with van der Waals surface area (Å²) < 4.78 is 23.2. The quantitative estimate of drug-likeness (QED) is 0.683. The first-order valence-electron chi connectivity index (χ1n) is 4.10. The molecule has 0 aliphatic carbocycles.